The fourth-order valence-electron chi connectivity index (χ4n) is 6.43. The van der Waals surface area contributed by atoms with Crippen molar-refractivity contribution in [3.63, 3.8) is 0 Å². The van der Waals surface area contributed by atoms with E-state index in [1.165, 1.54) is 31.2 Å². The van der Waals surface area contributed by atoms with Crippen LogP contribution in [0.1, 0.15) is 51.3 Å². The first-order valence-electron chi connectivity index (χ1n) is 19.6. The van der Waals surface area contributed by atoms with Crippen LogP contribution < -0.4 is 16.4 Å². The van der Waals surface area contributed by atoms with E-state index in [0.29, 0.717) is 30.9 Å². The number of aromatic amines is 1. The van der Waals surface area contributed by atoms with Crippen molar-refractivity contribution in [2.45, 2.75) is 76.6 Å². The number of aromatic nitrogens is 5. The molecule has 5 rings (SSSR count). The average Bonchev–Trinajstić information content (AvgIpc) is 3.92. The van der Waals surface area contributed by atoms with Crippen molar-refractivity contribution in [3.8, 4) is 0 Å². The Labute approximate surface area is 369 Å². The van der Waals surface area contributed by atoms with Crippen LogP contribution in [0.2, 0.25) is 0 Å². The molecule has 0 saturated carbocycles. The van der Waals surface area contributed by atoms with Crippen molar-refractivity contribution in [1.82, 2.24) is 35.1 Å². The van der Waals surface area contributed by atoms with Crippen LogP contribution in [0.15, 0.2) is 43.1 Å². The van der Waals surface area contributed by atoms with Crippen molar-refractivity contribution in [3.05, 3.63) is 48.7 Å². The normalized spacial score (nSPS) is 20.5. The third-order valence-corrected chi connectivity index (χ3v) is 13.8. The number of carbonyl (C=O) groups excluding carboxylic acids is 3. The van der Waals surface area contributed by atoms with E-state index in [-0.39, 0.29) is 41.6 Å². The van der Waals surface area contributed by atoms with Gasteiger partial charge in [-0.15, -0.1) is 0 Å². The number of phosphoric ester groups is 3. The number of ketones is 1. The number of thioether (sulfide) groups is 1. The van der Waals surface area contributed by atoms with Crippen LogP contribution in [-0.2, 0) is 57.1 Å². The molecule has 1 fully saturated rings. The first kappa shape index (κ1) is 51.3. The highest BCUT2D eigenvalue weighted by Gasteiger charge is 2.50. The van der Waals surface area contributed by atoms with Crippen molar-refractivity contribution in [2.24, 2.45) is 5.41 Å². The van der Waals surface area contributed by atoms with Crippen LogP contribution >= 0.6 is 35.2 Å². The highest BCUT2D eigenvalue weighted by atomic mass is 32.2. The van der Waals surface area contributed by atoms with E-state index in [4.69, 9.17) is 19.5 Å². The maximum absolute atomic E-state index is 12.7. The van der Waals surface area contributed by atoms with Crippen LogP contribution in [0, 0.1) is 5.41 Å². The molecule has 4 heterocycles. The van der Waals surface area contributed by atoms with E-state index in [2.05, 4.69) is 45.5 Å². The number of nitrogen functional groups attached to an aromatic ring is 1. The molecule has 4 aromatic rings. The molecule has 1 aliphatic heterocycles. The van der Waals surface area contributed by atoms with Gasteiger partial charge in [0.25, 0.3) is 0 Å². The van der Waals surface area contributed by atoms with Gasteiger partial charge >= 0.3 is 23.5 Å². The largest absolute Gasteiger partial charge is 0.481 e. The van der Waals surface area contributed by atoms with Gasteiger partial charge in [0.05, 0.1) is 19.5 Å². The zero-order valence-corrected chi connectivity index (χ0v) is 38.0. The Balaban J connectivity index is 0.973. The third kappa shape index (κ3) is 14.7. The summed E-state index contributed by atoms with van der Waals surface area (Å²) in [7, 11) is -16.4. The number of carbonyl (C=O) groups is 3. The Morgan fingerprint density at radius 1 is 1.00 bits per heavy atom. The second-order valence-corrected chi connectivity index (χ2v) is 20.6. The van der Waals surface area contributed by atoms with Gasteiger partial charge in [-0.2, -0.15) is 16.1 Å². The van der Waals surface area contributed by atoms with Gasteiger partial charge in [-0.05, 0) is 24.5 Å². The number of aliphatic hydroxyl groups excluding tert-OH is 2. The number of fused-ring (bicyclic) bond motifs is 2. The molecule has 2 amide bonds. The summed E-state index contributed by atoms with van der Waals surface area (Å²) in [6.07, 6.45) is -2.42. The number of rotatable bonds is 26. The molecule has 0 bridgehead atoms. The molecule has 1 saturated heterocycles. The smallest absolute Gasteiger partial charge is 0.386 e. The number of hydrogen-bond donors (Lipinski definition) is 10. The van der Waals surface area contributed by atoms with Crippen LogP contribution in [0.25, 0.3) is 22.1 Å². The lowest BCUT2D eigenvalue weighted by Gasteiger charge is -2.30. The number of H-pyrrole nitrogens is 1. The van der Waals surface area contributed by atoms with Gasteiger partial charge in [0.15, 0.2) is 17.7 Å². The monoisotopic (exact) mass is 980 g/mol. The Morgan fingerprint density at radius 3 is 2.48 bits per heavy atom. The number of ether oxygens (including phenoxy) is 1. The van der Waals surface area contributed by atoms with Gasteiger partial charge in [0, 0.05) is 66.4 Å². The highest BCUT2D eigenvalue weighted by Crippen LogP contribution is 2.61. The predicted octanol–water partition coefficient (Wildman–Crippen LogP) is 1.60. The van der Waals surface area contributed by atoms with Gasteiger partial charge in [-0.25, -0.2) is 28.6 Å². The summed E-state index contributed by atoms with van der Waals surface area (Å²) in [5.41, 5.74) is 6.53. The number of nitrogens with two attached hydrogens (primary N) is 1. The van der Waals surface area contributed by atoms with E-state index >= 15 is 0 Å². The molecular weight excluding hydrogens is 929 g/mol. The van der Waals surface area contributed by atoms with Gasteiger partial charge in [0.1, 0.15) is 42.0 Å². The standard InChI is InChI=1S/C35H51N8O17P3S/c1-35(2,30(47)33(48)38-12-10-26(45)37-13-15-64-14-11-22(44)7-5-6-21-16-39-24-9-4-3-8-23(21)24)18-57-63(54,55)60-62(52,53)56-17-25-29(59-61(49,50)51)28(46)34(58-25)43-20-42-27-31(36)40-19-41-32(27)43/h3-4,8-9,16,19-20,25,28-30,34,39,46-47H,5-7,10-15,17-18H2,1-2H3,(H,37,45)(H,38,48)(H,52,53)(H,54,55)(H2,36,40,41)(H2,49,50,51)/t25-,28-,29-,30?,34-/m1/s1. The molecule has 0 radical (unpaired) electrons. The molecule has 1 aliphatic rings. The number of benzene rings is 1. The molecule has 25 nitrogen and oxygen atoms in total. The number of amides is 2. The molecule has 0 spiro atoms. The lowest BCUT2D eigenvalue weighted by Crippen LogP contribution is -2.46. The summed E-state index contributed by atoms with van der Waals surface area (Å²) in [5, 5.41) is 27.8. The summed E-state index contributed by atoms with van der Waals surface area (Å²) >= 11 is 1.52. The minimum atomic E-state index is -5.58. The fraction of sp³-hybridized carbons (Fsp3) is 0.543. The summed E-state index contributed by atoms with van der Waals surface area (Å²) < 4.78 is 62.4. The fourth-order valence-corrected chi connectivity index (χ4v) is 10.1. The number of hydrogen-bond acceptors (Lipinski definition) is 18. The lowest BCUT2D eigenvalue weighted by molar-refractivity contribution is -0.137. The maximum Gasteiger partial charge on any atom is 0.481 e. The number of nitrogens with zero attached hydrogens (tertiary/aromatic N) is 4. The summed E-state index contributed by atoms with van der Waals surface area (Å²) in [6, 6.07) is 8.01. The summed E-state index contributed by atoms with van der Waals surface area (Å²) in [4.78, 5) is 91.6. The summed E-state index contributed by atoms with van der Waals surface area (Å²) in [6.45, 7) is 0.673. The number of para-hydroxylation sites is 1. The molecule has 0 aliphatic carbocycles. The first-order chi connectivity index (χ1) is 30.1. The van der Waals surface area contributed by atoms with E-state index in [1.807, 2.05) is 24.4 Å². The topological polar surface area (TPSA) is 379 Å². The van der Waals surface area contributed by atoms with E-state index in [9.17, 15) is 57.9 Å². The molecule has 29 heteroatoms. The molecule has 11 N–H and O–H groups in total. The molecule has 64 heavy (non-hydrogen) atoms. The minimum absolute atomic E-state index is 0.0315. The molecule has 354 valence electrons. The third-order valence-electron chi connectivity index (χ3n) is 9.75. The molecular formula is C35H51N8O17P3S. The summed E-state index contributed by atoms with van der Waals surface area (Å²) in [5.74, 6) is -0.0310. The lowest BCUT2D eigenvalue weighted by atomic mass is 9.87. The van der Waals surface area contributed by atoms with Crippen LogP contribution in [0.4, 0.5) is 5.82 Å². The number of imidazole rings is 1. The van der Waals surface area contributed by atoms with Crippen LogP contribution in [0.3, 0.4) is 0 Å². The number of aliphatic hydroxyl groups is 2. The quantitative estimate of drug-likeness (QED) is 0.0315. The van der Waals surface area contributed by atoms with E-state index < -0.39 is 78.6 Å². The van der Waals surface area contributed by atoms with Crippen molar-refractivity contribution < 1.29 is 80.5 Å². The van der Waals surface area contributed by atoms with Crippen LogP contribution in [0.5, 0.6) is 0 Å². The van der Waals surface area contributed by atoms with Gasteiger partial charge in [-0.1, -0.05) is 32.0 Å². The van der Waals surface area contributed by atoms with E-state index in [1.54, 1.807) is 0 Å². The van der Waals surface area contributed by atoms with E-state index in [0.717, 1.165) is 41.0 Å². The minimum Gasteiger partial charge on any atom is -0.386 e. The Kier molecular flexibility index (Phi) is 17.8. The number of nitrogens with one attached hydrogen (secondary N) is 3. The Bertz CT molecular complexity index is 2400. The number of phosphoric acid groups is 3. The molecule has 1 aromatic carbocycles. The molecule has 3 aromatic heterocycles. The van der Waals surface area contributed by atoms with Crippen molar-refractivity contribution in [2.75, 3.05) is 43.5 Å². The molecule has 7 atom stereocenters. The van der Waals surface area contributed by atoms with Gasteiger partial charge in [0.2, 0.25) is 11.8 Å². The SMILES string of the molecule is CC(C)(COP(=O)(O)OP(=O)(O)OC[C@H]1O[C@@H](n2cnc3c(N)ncnc32)[C@H](O)[C@@H]1OP(=O)(O)O)C(O)C(=O)NCCC(=O)NCCSCCC(=O)CCCc1c[nH]c2ccccc12. The average molecular weight is 981 g/mol. The molecule has 3 unspecified atom stereocenters. The number of Topliss-reactive ketones (excluding diaryl/α,β-unsaturated/α-hetero) is 1. The van der Waals surface area contributed by atoms with Gasteiger partial charge in [-0.3, -0.25) is 32.5 Å². The number of anilines is 1. The second kappa shape index (κ2) is 22.2. The zero-order chi connectivity index (χ0) is 46.9. The van der Waals surface area contributed by atoms with Crippen molar-refractivity contribution >= 4 is 80.7 Å². The zero-order valence-electron chi connectivity index (χ0n) is 34.5. The van der Waals surface area contributed by atoms with Gasteiger partial charge < -0.3 is 55.9 Å². The predicted molar refractivity (Wildman–Crippen MR) is 228 cm³/mol. The van der Waals surface area contributed by atoms with Crippen LogP contribution in [-0.4, -0.2) is 134 Å². The van der Waals surface area contributed by atoms with Crippen molar-refractivity contribution in [1.29, 1.82) is 0 Å². The Hall–Kier alpha value is -3.68. The number of aryl methyl sites for hydroxylation is 1. The second-order valence-electron chi connectivity index (χ2n) is 15.2. The Morgan fingerprint density at radius 2 is 1.73 bits per heavy atom. The maximum atomic E-state index is 12.7. The first-order valence-corrected chi connectivity index (χ1v) is 25.3. The highest BCUT2D eigenvalue weighted by molar-refractivity contribution is 7.99.